The predicted molar refractivity (Wildman–Crippen MR) is 62.1 cm³/mol. The fraction of sp³-hybridized carbons (Fsp3) is 0.500. The molecule has 0 saturated heterocycles. The summed E-state index contributed by atoms with van der Waals surface area (Å²) >= 11 is 0. The van der Waals surface area contributed by atoms with Crippen molar-refractivity contribution in [1.29, 1.82) is 0 Å². The largest absolute Gasteiger partial charge is 0.399 e. The molecule has 1 aromatic rings. The molecule has 0 saturated carbocycles. The zero-order chi connectivity index (χ0) is 11.3. The lowest BCUT2D eigenvalue weighted by atomic mass is 10.2. The van der Waals surface area contributed by atoms with Gasteiger partial charge in [0, 0.05) is 17.8 Å². The summed E-state index contributed by atoms with van der Waals surface area (Å²) in [4.78, 5) is 2.12. The lowest BCUT2D eigenvalue weighted by molar-refractivity contribution is 0.315. The minimum Gasteiger partial charge on any atom is -0.399 e. The third kappa shape index (κ3) is 3.88. The fourth-order valence-electron chi connectivity index (χ4n) is 1.49. The normalized spacial score (nSPS) is 10.9. The van der Waals surface area contributed by atoms with Crippen LogP contribution < -0.4 is 5.73 Å². The fourth-order valence-corrected chi connectivity index (χ4v) is 1.49. The van der Waals surface area contributed by atoms with E-state index >= 15 is 0 Å². The van der Waals surface area contributed by atoms with E-state index in [-0.39, 0.29) is 5.82 Å². The van der Waals surface area contributed by atoms with Crippen molar-refractivity contribution in [3.63, 3.8) is 0 Å². The van der Waals surface area contributed by atoms with E-state index in [1.165, 1.54) is 6.07 Å². The molecule has 1 aromatic carbocycles. The molecule has 3 heteroatoms. The second-order valence-electron chi connectivity index (χ2n) is 3.94. The maximum absolute atomic E-state index is 13.4. The number of hydrogen-bond donors (Lipinski definition) is 1. The van der Waals surface area contributed by atoms with Gasteiger partial charge in [-0.25, -0.2) is 4.39 Å². The van der Waals surface area contributed by atoms with Crippen molar-refractivity contribution in [2.24, 2.45) is 0 Å². The first kappa shape index (κ1) is 12.0. The second-order valence-corrected chi connectivity index (χ2v) is 3.94. The van der Waals surface area contributed by atoms with Crippen molar-refractivity contribution in [3.8, 4) is 0 Å². The van der Waals surface area contributed by atoms with Crippen LogP contribution in [0.15, 0.2) is 18.2 Å². The number of anilines is 1. The molecule has 0 amide bonds. The number of unbranched alkanes of at least 4 members (excludes halogenated alkanes) is 1. The van der Waals surface area contributed by atoms with Gasteiger partial charge < -0.3 is 10.6 Å². The first-order chi connectivity index (χ1) is 7.13. The van der Waals surface area contributed by atoms with Gasteiger partial charge in [-0.2, -0.15) is 0 Å². The van der Waals surface area contributed by atoms with Crippen molar-refractivity contribution in [2.45, 2.75) is 26.3 Å². The topological polar surface area (TPSA) is 29.3 Å². The smallest absolute Gasteiger partial charge is 0.129 e. The van der Waals surface area contributed by atoms with Gasteiger partial charge in [-0.15, -0.1) is 0 Å². The van der Waals surface area contributed by atoms with Gasteiger partial charge in [0.05, 0.1) is 0 Å². The molecule has 0 aliphatic heterocycles. The number of benzene rings is 1. The molecule has 0 aliphatic carbocycles. The molecule has 15 heavy (non-hydrogen) atoms. The van der Waals surface area contributed by atoms with Crippen molar-refractivity contribution in [2.75, 3.05) is 19.3 Å². The Kier molecular flexibility index (Phi) is 4.56. The standard InChI is InChI=1S/C12H19FN2/c1-3-4-7-15(2)9-10-5-6-11(14)8-12(10)13/h5-6,8H,3-4,7,9,14H2,1-2H3. The highest BCUT2D eigenvalue weighted by Gasteiger charge is 2.05. The molecule has 0 aliphatic rings. The summed E-state index contributed by atoms with van der Waals surface area (Å²) in [6.07, 6.45) is 2.31. The molecule has 0 unspecified atom stereocenters. The summed E-state index contributed by atoms with van der Waals surface area (Å²) in [5, 5.41) is 0. The molecule has 0 radical (unpaired) electrons. The molecule has 0 atom stereocenters. The van der Waals surface area contributed by atoms with E-state index in [4.69, 9.17) is 5.73 Å². The zero-order valence-electron chi connectivity index (χ0n) is 9.46. The maximum atomic E-state index is 13.4. The third-order valence-electron chi connectivity index (χ3n) is 2.41. The van der Waals surface area contributed by atoms with Crippen LogP contribution in [0.5, 0.6) is 0 Å². The average molecular weight is 210 g/mol. The first-order valence-electron chi connectivity index (χ1n) is 5.36. The van der Waals surface area contributed by atoms with E-state index in [1.54, 1.807) is 12.1 Å². The third-order valence-corrected chi connectivity index (χ3v) is 2.41. The Morgan fingerprint density at radius 2 is 2.13 bits per heavy atom. The van der Waals surface area contributed by atoms with Crippen LogP contribution in [0.3, 0.4) is 0 Å². The van der Waals surface area contributed by atoms with Crippen LogP contribution in [0.25, 0.3) is 0 Å². The van der Waals surface area contributed by atoms with Crippen molar-refractivity contribution < 1.29 is 4.39 Å². The Hall–Kier alpha value is -1.09. The lowest BCUT2D eigenvalue weighted by Crippen LogP contribution is -2.19. The zero-order valence-corrected chi connectivity index (χ0v) is 9.46. The minimum absolute atomic E-state index is 0.210. The van der Waals surface area contributed by atoms with Gasteiger partial charge in [0.2, 0.25) is 0 Å². The van der Waals surface area contributed by atoms with Gasteiger partial charge in [-0.05, 0) is 32.1 Å². The number of nitrogens with two attached hydrogens (primary N) is 1. The molecular formula is C12H19FN2. The molecule has 1 rings (SSSR count). The molecule has 2 N–H and O–H groups in total. The lowest BCUT2D eigenvalue weighted by Gasteiger charge is -2.16. The number of nitrogens with zero attached hydrogens (tertiary/aromatic N) is 1. The Morgan fingerprint density at radius 3 is 2.73 bits per heavy atom. The van der Waals surface area contributed by atoms with E-state index in [9.17, 15) is 4.39 Å². The molecule has 0 bridgehead atoms. The Balaban J connectivity index is 2.56. The van der Waals surface area contributed by atoms with E-state index < -0.39 is 0 Å². The Bertz CT molecular complexity index is 312. The molecule has 0 heterocycles. The second kappa shape index (κ2) is 5.71. The van der Waals surface area contributed by atoms with E-state index in [0.717, 1.165) is 19.4 Å². The maximum Gasteiger partial charge on any atom is 0.129 e. The highest BCUT2D eigenvalue weighted by atomic mass is 19.1. The molecule has 84 valence electrons. The Morgan fingerprint density at radius 1 is 1.40 bits per heavy atom. The summed E-state index contributed by atoms with van der Waals surface area (Å²) in [5.41, 5.74) is 6.67. The van der Waals surface area contributed by atoms with Crippen LogP contribution >= 0.6 is 0 Å². The Labute approximate surface area is 90.9 Å². The number of halogens is 1. The molecule has 2 nitrogen and oxygen atoms in total. The highest BCUT2D eigenvalue weighted by molar-refractivity contribution is 5.40. The van der Waals surface area contributed by atoms with Gasteiger partial charge in [0.1, 0.15) is 5.82 Å². The van der Waals surface area contributed by atoms with Gasteiger partial charge in [-0.1, -0.05) is 19.4 Å². The molecule has 0 fully saturated rings. The molecular weight excluding hydrogens is 191 g/mol. The van der Waals surface area contributed by atoms with E-state index in [2.05, 4.69) is 11.8 Å². The molecule has 0 aromatic heterocycles. The van der Waals surface area contributed by atoms with Crippen LogP contribution in [0, 0.1) is 5.82 Å². The quantitative estimate of drug-likeness (QED) is 0.757. The first-order valence-corrected chi connectivity index (χ1v) is 5.36. The van der Waals surface area contributed by atoms with Gasteiger partial charge in [0.15, 0.2) is 0 Å². The van der Waals surface area contributed by atoms with Crippen LogP contribution in [0.2, 0.25) is 0 Å². The highest BCUT2D eigenvalue weighted by Crippen LogP contribution is 2.13. The average Bonchev–Trinajstić information content (AvgIpc) is 2.19. The van der Waals surface area contributed by atoms with Crippen LogP contribution in [0.1, 0.15) is 25.3 Å². The predicted octanol–water partition coefficient (Wildman–Crippen LogP) is 2.64. The number of hydrogen-bond acceptors (Lipinski definition) is 2. The number of nitrogen functional groups attached to an aromatic ring is 1. The molecule has 0 spiro atoms. The summed E-state index contributed by atoms with van der Waals surface area (Å²) in [7, 11) is 2.01. The van der Waals surface area contributed by atoms with Crippen molar-refractivity contribution in [3.05, 3.63) is 29.6 Å². The number of rotatable bonds is 5. The van der Waals surface area contributed by atoms with Crippen LogP contribution in [-0.2, 0) is 6.54 Å². The van der Waals surface area contributed by atoms with Crippen LogP contribution in [-0.4, -0.2) is 18.5 Å². The minimum atomic E-state index is -0.210. The van der Waals surface area contributed by atoms with Crippen molar-refractivity contribution >= 4 is 5.69 Å². The van der Waals surface area contributed by atoms with E-state index in [0.29, 0.717) is 17.8 Å². The summed E-state index contributed by atoms with van der Waals surface area (Å²) in [6.45, 7) is 3.80. The van der Waals surface area contributed by atoms with Gasteiger partial charge in [-0.3, -0.25) is 0 Å². The van der Waals surface area contributed by atoms with Gasteiger partial charge in [0.25, 0.3) is 0 Å². The monoisotopic (exact) mass is 210 g/mol. The summed E-state index contributed by atoms with van der Waals surface area (Å²) in [6, 6.07) is 4.88. The van der Waals surface area contributed by atoms with Crippen LogP contribution in [0.4, 0.5) is 10.1 Å². The van der Waals surface area contributed by atoms with E-state index in [1.807, 2.05) is 7.05 Å². The SMILES string of the molecule is CCCCN(C)Cc1ccc(N)cc1F. The summed E-state index contributed by atoms with van der Waals surface area (Å²) < 4.78 is 13.4. The van der Waals surface area contributed by atoms with Crippen molar-refractivity contribution in [1.82, 2.24) is 4.90 Å². The summed E-state index contributed by atoms with van der Waals surface area (Å²) in [5.74, 6) is -0.210. The van der Waals surface area contributed by atoms with Gasteiger partial charge >= 0.3 is 0 Å².